The SMILES string of the molecule is CC(C)c1ccc(NC(=O)c2cc(O)ccc2Cl)cc1. The molecule has 0 saturated carbocycles. The number of phenolic OH excluding ortho intramolecular Hbond substituents is 1. The van der Waals surface area contributed by atoms with Gasteiger partial charge in [0.25, 0.3) is 5.91 Å². The molecule has 2 aromatic rings. The summed E-state index contributed by atoms with van der Waals surface area (Å²) in [5, 5.41) is 12.5. The van der Waals surface area contributed by atoms with Crippen molar-refractivity contribution in [2.75, 3.05) is 5.32 Å². The molecule has 0 aromatic heterocycles. The van der Waals surface area contributed by atoms with E-state index in [1.54, 1.807) is 0 Å². The van der Waals surface area contributed by atoms with Crippen LogP contribution in [0.1, 0.15) is 35.7 Å². The molecule has 1 amide bonds. The predicted octanol–water partition coefficient (Wildman–Crippen LogP) is 4.42. The first-order valence-corrected chi connectivity index (χ1v) is 6.75. The van der Waals surface area contributed by atoms with Gasteiger partial charge in [-0.2, -0.15) is 0 Å². The Morgan fingerprint density at radius 3 is 2.40 bits per heavy atom. The molecule has 2 aromatic carbocycles. The van der Waals surface area contributed by atoms with Crippen LogP contribution in [0.2, 0.25) is 5.02 Å². The summed E-state index contributed by atoms with van der Waals surface area (Å²) in [6, 6.07) is 11.9. The number of benzene rings is 2. The number of hydrogen-bond acceptors (Lipinski definition) is 2. The maximum absolute atomic E-state index is 12.1. The first kappa shape index (κ1) is 14.4. The van der Waals surface area contributed by atoms with E-state index in [4.69, 9.17) is 11.6 Å². The van der Waals surface area contributed by atoms with Gasteiger partial charge in [0, 0.05) is 5.69 Å². The maximum atomic E-state index is 12.1. The minimum atomic E-state index is -0.344. The summed E-state index contributed by atoms with van der Waals surface area (Å²) in [7, 11) is 0. The van der Waals surface area contributed by atoms with Crippen molar-refractivity contribution >= 4 is 23.2 Å². The number of phenols is 1. The first-order chi connectivity index (χ1) is 9.47. The predicted molar refractivity (Wildman–Crippen MR) is 81.6 cm³/mol. The molecular weight excluding hydrogens is 274 g/mol. The van der Waals surface area contributed by atoms with Crippen molar-refractivity contribution < 1.29 is 9.90 Å². The molecule has 0 saturated heterocycles. The van der Waals surface area contributed by atoms with E-state index in [-0.39, 0.29) is 17.2 Å². The van der Waals surface area contributed by atoms with Crippen LogP contribution >= 0.6 is 11.6 Å². The monoisotopic (exact) mass is 289 g/mol. The fourth-order valence-corrected chi connectivity index (χ4v) is 2.04. The Morgan fingerprint density at radius 1 is 1.15 bits per heavy atom. The number of anilines is 1. The second-order valence-electron chi connectivity index (χ2n) is 4.89. The van der Waals surface area contributed by atoms with E-state index in [0.29, 0.717) is 16.6 Å². The Morgan fingerprint density at radius 2 is 1.80 bits per heavy atom. The summed E-state index contributed by atoms with van der Waals surface area (Å²) in [6.45, 7) is 4.22. The van der Waals surface area contributed by atoms with Gasteiger partial charge in [0.05, 0.1) is 10.6 Å². The zero-order valence-corrected chi connectivity index (χ0v) is 12.1. The summed E-state index contributed by atoms with van der Waals surface area (Å²) < 4.78 is 0. The minimum absolute atomic E-state index is 0.00899. The van der Waals surface area contributed by atoms with Crippen LogP contribution < -0.4 is 5.32 Å². The standard InChI is InChI=1S/C16H16ClNO2/c1-10(2)11-3-5-12(6-4-11)18-16(20)14-9-13(19)7-8-15(14)17/h3-10,19H,1-2H3,(H,18,20). The highest BCUT2D eigenvalue weighted by molar-refractivity contribution is 6.34. The third-order valence-electron chi connectivity index (χ3n) is 3.03. The van der Waals surface area contributed by atoms with Gasteiger partial charge in [-0.1, -0.05) is 37.6 Å². The summed E-state index contributed by atoms with van der Waals surface area (Å²) >= 11 is 5.95. The highest BCUT2D eigenvalue weighted by atomic mass is 35.5. The quantitative estimate of drug-likeness (QED) is 0.878. The molecule has 2 N–H and O–H groups in total. The largest absolute Gasteiger partial charge is 0.508 e. The lowest BCUT2D eigenvalue weighted by atomic mass is 10.0. The summed E-state index contributed by atoms with van der Waals surface area (Å²) in [4.78, 5) is 12.1. The van der Waals surface area contributed by atoms with E-state index in [9.17, 15) is 9.90 Å². The zero-order valence-electron chi connectivity index (χ0n) is 11.4. The third kappa shape index (κ3) is 3.31. The van der Waals surface area contributed by atoms with E-state index >= 15 is 0 Å². The molecule has 4 heteroatoms. The maximum Gasteiger partial charge on any atom is 0.257 e. The van der Waals surface area contributed by atoms with Gasteiger partial charge < -0.3 is 10.4 Å². The number of amides is 1. The van der Waals surface area contributed by atoms with Crippen LogP contribution in [-0.2, 0) is 0 Å². The highest BCUT2D eigenvalue weighted by Crippen LogP contribution is 2.23. The van der Waals surface area contributed by atoms with Crippen molar-refractivity contribution in [3.05, 3.63) is 58.6 Å². The molecule has 0 radical (unpaired) electrons. The van der Waals surface area contributed by atoms with E-state index in [0.717, 1.165) is 0 Å². The van der Waals surface area contributed by atoms with Crippen LogP contribution in [0.5, 0.6) is 5.75 Å². The number of carbonyl (C=O) groups excluding carboxylic acids is 1. The van der Waals surface area contributed by atoms with Gasteiger partial charge in [0.1, 0.15) is 5.75 Å². The molecular formula is C16H16ClNO2. The van der Waals surface area contributed by atoms with Gasteiger partial charge in [-0.3, -0.25) is 4.79 Å². The normalized spacial score (nSPS) is 10.6. The van der Waals surface area contributed by atoms with E-state index in [2.05, 4.69) is 19.2 Å². The molecule has 0 aliphatic heterocycles. The Hall–Kier alpha value is -2.00. The van der Waals surface area contributed by atoms with Crippen molar-refractivity contribution in [1.29, 1.82) is 0 Å². The van der Waals surface area contributed by atoms with E-state index in [1.807, 2.05) is 24.3 Å². The summed E-state index contributed by atoms with van der Waals surface area (Å²) in [5.74, 6) is 0.109. The summed E-state index contributed by atoms with van der Waals surface area (Å²) in [6.07, 6.45) is 0. The van der Waals surface area contributed by atoms with Gasteiger partial charge in [-0.25, -0.2) is 0 Å². The van der Waals surface area contributed by atoms with Crippen LogP contribution in [-0.4, -0.2) is 11.0 Å². The molecule has 0 spiro atoms. The van der Waals surface area contributed by atoms with Gasteiger partial charge in [-0.15, -0.1) is 0 Å². The first-order valence-electron chi connectivity index (χ1n) is 6.37. The lowest BCUT2D eigenvalue weighted by Crippen LogP contribution is -2.12. The van der Waals surface area contributed by atoms with Crippen LogP contribution in [0.3, 0.4) is 0 Å². The highest BCUT2D eigenvalue weighted by Gasteiger charge is 2.11. The van der Waals surface area contributed by atoms with Crippen LogP contribution in [0.15, 0.2) is 42.5 Å². The van der Waals surface area contributed by atoms with Gasteiger partial charge in [-0.05, 0) is 41.8 Å². The van der Waals surface area contributed by atoms with Crippen LogP contribution in [0.4, 0.5) is 5.69 Å². The lowest BCUT2D eigenvalue weighted by molar-refractivity contribution is 0.102. The van der Waals surface area contributed by atoms with Crippen molar-refractivity contribution in [1.82, 2.24) is 0 Å². The molecule has 20 heavy (non-hydrogen) atoms. The fourth-order valence-electron chi connectivity index (χ4n) is 1.84. The summed E-state index contributed by atoms with van der Waals surface area (Å²) in [5.41, 5.74) is 2.15. The van der Waals surface area contributed by atoms with Crippen molar-refractivity contribution in [3.8, 4) is 5.75 Å². The number of aromatic hydroxyl groups is 1. The Kier molecular flexibility index (Phi) is 4.30. The molecule has 0 unspecified atom stereocenters. The van der Waals surface area contributed by atoms with Crippen molar-refractivity contribution in [3.63, 3.8) is 0 Å². The molecule has 0 fully saturated rings. The van der Waals surface area contributed by atoms with Gasteiger partial charge >= 0.3 is 0 Å². The van der Waals surface area contributed by atoms with Crippen LogP contribution in [0.25, 0.3) is 0 Å². The zero-order chi connectivity index (χ0) is 14.7. The Bertz CT molecular complexity index is 621. The molecule has 2 rings (SSSR count). The van der Waals surface area contributed by atoms with Gasteiger partial charge in [0.2, 0.25) is 0 Å². The Labute approximate surface area is 123 Å². The number of carbonyl (C=O) groups is 1. The second kappa shape index (κ2) is 5.97. The molecule has 0 atom stereocenters. The molecule has 0 aliphatic carbocycles. The van der Waals surface area contributed by atoms with Gasteiger partial charge in [0.15, 0.2) is 0 Å². The Balaban J connectivity index is 2.17. The average Bonchev–Trinajstić information content (AvgIpc) is 2.42. The van der Waals surface area contributed by atoms with E-state index in [1.165, 1.54) is 23.8 Å². The average molecular weight is 290 g/mol. The molecule has 0 aliphatic rings. The van der Waals surface area contributed by atoms with Crippen molar-refractivity contribution in [2.24, 2.45) is 0 Å². The molecule has 0 bridgehead atoms. The number of hydrogen-bond donors (Lipinski definition) is 2. The number of halogens is 1. The van der Waals surface area contributed by atoms with Crippen molar-refractivity contribution in [2.45, 2.75) is 19.8 Å². The molecule has 3 nitrogen and oxygen atoms in total. The molecule has 0 heterocycles. The fraction of sp³-hybridized carbons (Fsp3) is 0.188. The second-order valence-corrected chi connectivity index (χ2v) is 5.30. The third-order valence-corrected chi connectivity index (χ3v) is 3.36. The smallest absolute Gasteiger partial charge is 0.257 e. The lowest BCUT2D eigenvalue weighted by Gasteiger charge is -2.09. The topological polar surface area (TPSA) is 49.3 Å². The minimum Gasteiger partial charge on any atom is -0.508 e. The number of nitrogens with one attached hydrogen (secondary N) is 1. The van der Waals surface area contributed by atoms with Crippen LogP contribution in [0, 0.1) is 0 Å². The number of rotatable bonds is 3. The van der Waals surface area contributed by atoms with E-state index < -0.39 is 0 Å². The molecule has 104 valence electrons.